The Balaban J connectivity index is 1.58. The van der Waals surface area contributed by atoms with Crippen molar-refractivity contribution in [2.45, 2.75) is 62.4 Å². The van der Waals surface area contributed by atoms with Gasteiger partial charge in [-0.1, -0.05) is 36.2 Å². The zero-order valence-electron chi connectivity index (χ0n) is 18.0. The van der Waals surface area contributed by atoms with Gasteiger partial charge in [-0.2, -0.15) is 0 Å². The van der Waals surface area contributed by atoms with Gasteiger partial charge in [-0.15, -0.1) is 10.2 Å². The Bertz CT molecular complexity index is 1020. The molecule has 9 heteroatoms. The molecule has 0 saturated heterocycles. The number of methoxy groups -OCH3 is 1. The quantitative estimate of drug-likeness (QED) is 0.522. The number of amides is 1. The van der Waals surface area contributed by atoms with E-state index in [9.17, 15) is 4.79 Å². The largest absolute Gasteiger partial charge is 0.497 e. The van der Waals surface area contributed by atoms with E-state index in [-0.39, 0.29) is 11.2 Å². The van der Waals surface area contributed by atoms with Gasteiger partial charge in [-0.25, -0.2) is 0 Å². The number of aromatic nitrogens is 4. The number of hydrogen-bond acceptors (Lipinski definition) is 7. The van der Waals surface area contributed by atoms with Crippen LogP contribution < -0.4 is 10.1 Å². The van der Waals surface area contributed by atoms with Crippen molar-refractivity contribution < 1.29 is 14.1 Å². The second-order valence-corrected chi connectivity index (χ2v) is 9.09. The molecule has 0 spiro atoms. The molecular weight excluding hydrogens is 414 g/mol. The molecule has 1 saturated carbocycles. The molecule has 31 heavy (non-hydrogen) atoms. The van der Waals surface area contributed by atoms with Crippen LogP contribution >= 0.6 is 11.8 Å². The summed E-state index contributed by atoms with van der Waals surface area (Å²) in [7, 11) is 1.65. The standard InChI is InChI=1S/C22H27N5O3S/c1-14-13-19(30-26-14)23-21(28)15(2)31-22-25-24-20(16-9-11-18(29-3)12-10-16)27(22)17-7-5-4-6-8-17/h9-13,15,17H,4-8H2,1-3H3,(H,23,28). The molecule has 4 rings (SSSR count). The molecule has 164 valence electrons. The summed E-state index contributed by atoms with van der Waals surface area (Å²) in [6, 6.07) is 9.88. The maximum Gasteiger partial charge on any atom is 0.240 e. The lowest BCUT2D eigenvalue weighted by Crippen LogP contribution is -2.23. The number of anilines is 1. The first kappa shape index (κ1) is 21.4. The Morgan fingerprint density at radius 3 is 2.61 bits per heavy atom. The fourth-order valence-corrected chi connectivity index (χ4v) is 4.74. The average molecular weight is 442 g/mol. The van der Waals surface area contributed by atoms with Crippen LogP contribution in [0, 0.1) is 6.92 Å². The van der Waals surface area contributed by atoms with Crippen LogP contribution in [0.5, 0.6) is 5.75 Å². The van der Waals surface area contributed by atoms with Gasteiger partial charge in [-0.05, 0) is 51.0 Å². The summed E-state index contributed by atoms with van der Waals surface area (Å²) in [5.41, 5.74) is 1.71. The van der Waals surface area contributed by atoms with Crippen LogP contribution in [0.15, 0.2) is 40.0 Å². The normalized spacial score (nSPS) is 15.6. The van der Waals surface area contributed by atoms with Gasteiger partial charge in [0.05, 0.1) is 18.1 Å². The molecule has 1 N–H and O–H groups in total. The third-order valence-corrected chi connectivity index (χ3v) is 6.54. The zero-order chi connectivity index (χ0) is 21.8. The molecule has 1 amide bonds. The molecule has 1 unspecified atom stereocenters. The molecule has 0 bridgehead atoms. The second-order valence-electron chi connectivity index (χ2n) is 7.78. The van der Waals surface area contributed by atoms with Crippen molar-refractivity contribution in [2.75, 3.05) is 12.4 Å². The van der Waals surface area contributed by atoms with Crippen LogP contribution in [0.4, 0.5) is 5.88 Å². The van der Waals surface area contributed by atoms with Crippen molar-refractivity contribution in [1.29, 1.82) is 0 Å². The third-order valence-electron chi connectivity index (χ3n) is 5.48. The van der Waals surface area contributed by atoms with E-state index in [1.54, 1.807) is 13.2 Å². The fraction of sp³-hybridized carbons (Fsp3) is 0.455. The molecule has 1 aliphatic rings. The number of ether oxygens (including phenoxy) is 1. The number of rotatable bonds is 7. The van der Waals surface area contributed by atoms with E-state index < -0.39 is 0 Å². The topological polar surface area (TPSA) is 95.1 Å². The summed E-state index contributed by atoms with van der Waals surface area (Å²) in [6.45, 7) is 3.67. The predicted octanol–water partition coefficient (Wildman–Crippen LogP) is 4.87. The van der Waals surface area contributed by atoms with Crippen molar-refractivity contribution in [3.05, 3.63) is 36.0 Å². The van der Waals surface area contributed by atoms with Crippen molar-refractivity contribution >= 4 is 23.6 Å². The van der Waals surface area contributed by atoms with E-state index in [0.717, 1.165) is 40.8 Å². The van der Waals surface area contributed by atoms with Crippen LogP contribution in [-0.2, 0) is 4.79 Å². The highest BCUT2D eigenvalue weighted by atomic mass is 32.2. The smallest absolute Gasteiger partial charge is 0.240 e. The summed E-state index contributed by atoms with van der Waals surface area (Å²) in [4.78, 5) is 12.7. The van der Waals surface area contributed by atoms with Crippen molar-refractivity contribution in [3.8, 4) is 17.1 Å². The lowest BCUT2D eigenvalue weighted by Gasteiger charge is -2.26. The summed E-state index contributed by atoms with van der Waals surface area (Å²) in [5.74, 6) is 1.82. The van der Waals surface area contributed by atoms with Gasteiger partial charge < -0.3 is 9.26 Å². The predicted molar refractivity (Wildman–Crippen MR) is 119 cm³/mol. The summed E-state index contributed by atoms with van der Waals surface area (Å²) in [6.07, 6.45) is 5.82. The van der Waals surface area contributed by atoms with Gasteiger partial charge in [-0.3, -0.25) is 14.7 Å². The number of benzene rings is 1. The maximum atomic E-state index is 12.7. The molecule has 1 atom stereocenters. The number of hydrogen-bond donors (Lipinski definition) is 1. The van der Waals surface area contributed by atoms with E-state index >= 15 is 0 Å². The minimum absolute atomic E-state index is 0.162. The first-order valence-electron chi connectivity index (χ1n) is 10.6. The monoisotopic (exact) mass is 441 g/mol. The van der Waals surface area contributed by atoms with E-state index in [4.69, 9.17) is 9.26 Å². The molecule has 0 radical (unpaired) electrons. The number of nitrogens with zero attached hydrogens (tertiary/aromatic N) is 4. The van der Waals surface area contributed by atoms with Crippen LogP contribution in [0.3, 0.4) is 0 Å². The second kappa shape index (κ2) is 9.55. The first-order valence-corrected chi connectivity index (χ1v) is 11.4. The van der Waals surface area contributed by atoms with Gasteiger partial charge in [0.2, 0.25) is 11.8 Å². The Hall–Kier alpha value is -2.81. The highest BCUT2D eigenvalue weighted by Crippen LogP contribution is 2.37. The van der Waals surface area contributed by atoms with E-state index in [2.05, 4.69) is 25.2 Å². The summed E-state index contributed by atoms with van der Waals surface area (Å²) in [5, 5.41) is 15.9. The van der Waals surface area contributed by atoms with Crippen LogP contribution in [0.2, 0.25) is 0 Å². The van der Waals surface area contributed by atoms with Crippen LogP contribution in [0.1, 0.15) is 50.8 Å². The zero-order valence-corrected chi connectivity index (χ0v) is 18.8. The number of nitrogens with one attached hydrogen (secondary N) is 1. The number of thioether (sulfide) groups is 1. The van der Waals surface area contributed by atoms with Gasteiger partial charge >= 0.3 is 0 Å². The maximum absolute atomic E-state index is 12.7. The Morgan fingerprint density at radius 1 is 1.23 bits per heavy atom. The van der Waals surface area contributed by atoms with Gasteiger partial charge in [0, 0.05) is 17.7 Å². The Labute approximate surface area is 185 Å². The molecule has 1 aliphatic carbocycles. The van der Waals surface area contributed by atoms with Crippen molar-refractivity contribution in [1.82, 2.24) is 19.9 Å². The minimum Gasteiger partial charge on any atom is -0.497 e. The molecule has 2 aromatic heterocycles. The number of aryl methyl sites for hydroxylation is 1. The van der Waals surface area contributed by atoms with E-state index in [1.807, 2.05) is 38.1 Å². The van der Waals surface area contributed by atoms with Gasteiger partial charge in [0.1, 0.15) is 5.75 Å². The summed E-state index contributed by atoms with van der Waals surface area (Å²) >= 11 is 1.41. The Morgan fingerprint density at radius 2 is 1.97 bits per heavy atom. The molecule has 0 aliphatic heterocycles. The minimum atomic E-state index is -0.374. The molecule has 2 heterocycles. The Kier molecular flexibility index (Phi) is 6.60. The molecule has 1 fully saturated rings. The van der Waals surface area contributed by atoms with Gasteiger partial charge in [0.15, 0.2) is 11.0 Å². The number of carbonyl (C=O) groups is 1. The van der Waals surface area contributed by atoms with E-state index in [1.165, 1.54) is 31.0 Å². The van der Waals surface area contributed by atoms with Crippen LogP contribution in [-0.4, -0.2) is 38.2 Å². The van der Waals surface area contributed by atoms with Gasteiger partial charge in [0.25, 0.3) is 0 Å². The molecule has 3 aromatic rings. The average Bonchev–Trinajstić information content (AvgIpc) is 3.40. The fourth-order valence-electron chi connectivity index (χ4n) is 3.82. The SMILES string of the molecule is COc1ccc(-c2nnc(SC(C)C(=O)Nc3cc(C)no3)n2C2CCCCC2)cc1. The lowest BCUT2D eigenvalue weighted by atomic mass is 9.95. The number of carbonyl (C=O) groups excluding carboxylic acids is 1. The first-order chi connectivity index (χ1) is 15.0. The summed E-state index contributed by atoms with van der Waals surface area (Å²) < 4.78 is 12.6. The highest BCUT2D eigenvalue weighted by Gasteiger charge is 2.27. The van der Waals surface area contributed by atoms with Crippen LogP contribution in [0.25, 0.3) is 11.4 Å². The molecular formula is C22H27N5O3S. The highest BCUT2D eigenvalue weighted by molar-refractivity contribution is 8.00. The lowest BCUT2D eigenvalue weighted by molar-refractivity contribution is -0.115. The van der Waals surface area contributed by atoms with Crippen molar-refractivity contribution in [3.63, 3.8) is 0 Å². The third kappa shape index (κ3) is 4.92. The van der Waals surface area contributed by atoms with E-state index in [0.29, 0.717) is 11.9 Å². The molecule has 8 nitrogen and oxygen atoms in total. The molecule has 1 aromatic carbocycles. The van der Waals surface area contributed by atoms with Crippen molar-refractivity contribution in [2.24, 2.45) is 0 Å².